The highest BCUT2D eigenvalue weighted by Gasteiger charge is 2.45. The summed E-state index contributed by atoms with van der Waals surface area (Å²) in [6, 6.07) is 0.418. The highest BCUT2D eigenvalue weighted by molar-refractivity contribution is 7.87. The summed E-state index contributed by atoms with van der Waals surface area (Å²) in [4.78, 5) is 2.49. The molecular weight excluding hydrogens is 362 g/mol. The van der Waals surface area contributed by atoms with E-state index in [2.05, 4.69) is 22.6 Å². The van der Waals surface area contributed by atoms with Crippen LogP contribution in [0.2, 0.25) is 0 Å². The third kappa shape index (κ3) is 4.42. The number of nitrogens with one attached hydrogen (secondary N) is 1. The zero-order chi connectivity index (χ0) is 19.6. The number of allylic oxidation sites excluding steroid dienone is 4. The maximum atomic E-state index is 12.7. The number of hydrogen-bond donors (Lipinski definition) is 2. The van der Waals surface area contributed by atoms with E-state index in [4.69, 9.17) is 0 Å². The highest BCUT2D eigenvalue weighted by atomic mass is 32.2. The van der Waals surface area contributed by atoms with E-state index in [9.17, 15) is 13.5 Å². The van der Waals surface area contributed by atoms with Crippen molar-refractivity contribution in [2.24, 2.45) is 17.8 Å². The molecule has 0 aromatic heterocycles. The van der Waals surface area contributed by atoms with Crippen LogP contribution in [-0.2, 0) is 10.2 Å². The lowest BCUT2D eigenvalue weighted by Crippen LogP contribution is -2.59. The van der Waals surface area contributed by atoms with Gasteiger partial charge in [0.05, 0.1) is 5.76 Å². The molecule has 0 radical (unpaired) electrons. The van der Waals surface area contributed by atoms with Gasteiger partial charge in [-0.3, -0.25) is 4.90 Å². The SMILES string of the molecule is CCCN1C[C@@H](NS(=O)(=O)N(CC)CC)C[C@@H]2CC3C(O)=CC=CC3C[C@H]21. The summed E-state index contributed by atoms with van der Waals surface area (Å²) < 4.78 is 29.9. The van der Waals surface area contributed by atoms with E-state index in [0.717, 1.165) is 38.8 Å². The van der Waals surface area contributed by atoms with Crippen LogP contribution in [0.25, 0.3) is 0 Å². The summed E-state index contributed by atoms with van der Waals surface area (Å²) >= 11 is 0. The fourth-order valence-electron chi connectivity index (χ4n) is 5.30. The molecule has 7 heteroatoms. The van der Waals surface area contributed by atoms with E-state index in [1.54, 1.807) is 0 Å². The third-order valence-corrected chi connectivity index (χ3v) is 8.35. The molecule has 0 aromatic rings. The van der Waals surface area contributed by atoms with Crippen LogP contribution in [0, 0.1) is 17.8 Å². The van der Waals surface area contributed by atoms with E-state index in [-0.39, 0.29) is 12.0 Å². The van der Waals surface area contributed by atoms with E-state index in [1.807, 2.05) is 26.0 Å². The second-order valence-electron chi connectivity index (χ2n) is 8.18. The minimum atomic E-state index is -3.45. The Balaban J connectivity index is 1.75. The molecule has 0 bridgehead atoms. The van der Waals surface area contributed by atoms with E-state index in [1.165, 1.54) is 4.31 Å². The van der Waals surface area contributed by atoms with Crippen LogP contribution in [0.15, 0.2) is 24.0 Å². The van der Waals surface area contributed by atoms with Gasteiger partial charge in [0.25, 0.3) is 10.2 Å². The molecule has 1 saturated carbocycles. The van der Waals surface area contributed by atoms with Gasteiger partial charge in [-0.2, -0.15) is 17.4 Å². The number of aliphatic hydroxyl groups is 1. The summed E-state index contributed by atoms with van der Waals surface area (Å²) in [7, 11) is -3.45. The van der Waals surface area contributed by atoms with E-state index in [0.29, 0.717) is 36.7 Å². The number of hydrogen-bond acceptors (Lipinski definition) is 4. The van der Waals surface area contributed by atoms with Gasteiger partial charge in [-0.1, -0.05) is 32.9 Å². The quantitative estimate of drug-likeness (QED) is 0.693. The van der Waals surface area contributed by atoms with Gasteiger partial charge in [-0.15, -0.1) is 0 Å². The first kappa shape index (κ1) is 20.8. The molecule has 1 aliphatic heterocycles. The first-order valence-corrected chi connectivity index (χ1v) is 11.9. The smallest absolute Gasteiger partial charge is 0.279 e. The number of piperidine rings is 1. The zero-order valence-corrected chi connectivity index (χ0v) is 17.7. The predicted octanol–water partition coefficient (Wildman–Crippen LogP) is 2.67. The van der Waals surface area contributed by atoms with Gasteiger partial charge in [0.1, 0.15) is 0 Å². The second kappa shape index (κ2) is 8.64. The van der Waals surface area contributed by atoms with Crippen molar-refractivity contribution in [1.82, 2.24) is 13.9 Å². The van der Waals surface area contributed by atoms with Crippen molar-refractivity contribution in [3.63, 3.8) is 0 Å². The number of likely N-dealkylation sites (tertiary alicyclic amines) is 1. The Kier molecular flexibility index (Phi) is 6.66. The Hall–Kier alpha value is -0.890. The lowest BCUT2D eigenvalue weighted by Gasteiger charge is -2.51. The maximum absolute atomic E-state index is 12.7. The van der Waals surface area contributed by atoms with Gasteiger partial charge in [0.15, 0.2) is 0 Å². The van der Waals surface area contributed by atoms with Crippen LogP contribution < -0.4 is 4.72 Å². The van der Waals surface area contributed by atoms with Crippen LogP contribution in [0.1, 0.15) is 46.5 Å². The summed E-state index contributed by atoms with van der Waals surface area (Å²) in [6.07, 6.45) is 9.93. The number of nitrogens with zero attached hydrogens (tertiary/aromatic N) is 2. The van der Waals surface area contributed by atoms with Crippen LogP contribution in [0.3, 0.4) is 0 Å². The second-order valence-corrected chi connectivity index (χ2v) is 9.88. The molecule has 0 aromatic carbocycles. The highest BCUT2D eigenvalue weighted by Crippen LogP contribution is 2.45. The topological polar surface area (TPSA) is 72.9 Å². The van der Waals surface area contributed by atoms with Gasteiger partial charge in [-0.25, -0.2) is 0 Å². The lowest BCUT2D eigenvalue weighted by atomic mass is 9.66. The van der Waals surface area contributed by atoms with Crippen molar-refractivity contribution in [2.75, 3.05) is 26.2 Å². The molecule has 27 heavy (non-hydrogen) atoms. The normalized spacial score (nSPS) is 34.2. The fourth-order valence-corrected chi connectivity index (χ4v) is 6.73. The van der Waals surface area contributed by atoms with Gasteiger partial charge in [0.2, 0.25) is 0 Å². The molecule has 5 atom stereocenters. The van der Waals surface area contributed by atoms with E-state index >= 15 is 0 Å². The van der Waals surface area contributed by atoms with Gasteiger partial charge < -0.3 is 5.11 Å². The summed E-state index contributed by atoms with van der Waals surface area (Å²) in [6.45, 7) is 8.66. The largest absolute Gasteiger partial charge is 0.512 e. The Labute approximate surface area is 164 Å². The minimum absolute atomic E-state index is 0.0646. The first-order chi connectivity index (χ1) is 12.9. The molecule has 0 amide bonds. The molecule has 3 rings (SSSR count). The minimum Gasteiger partial charge on any atom is -0.512 e. The molecule has 154 valence electrons. The van der Waals surface area contributed by atoms with Crippen molar-refractivity contribution < 1.29 is 13.5 Å². The zero-order valence-electron chi connectivity index (χ0n) is 16.8. The molecule has 0 spiro atoms. The summed E-state index contributed by atoms with van der Waals surface area (Å²) in [5, 5.41) is 10.3. The Morgan fingerprint density at radius 3 is 2.63 bits per heavy atom. The van der Waals surface area contributed by atoms with E-state index < -0.39 is 10.2 Å². The fraction of sp³-hybridized carbons (Fsp3) is 0.800. The molecule has 1 heterocycles. The summed E-state index contributed by atoms with van der Waals surface area (Å²) in [5.74, 6) is 1.50. The number of aliphatic hydroxyl groups excluding tert-OH is 1. The standard InChI is InChI=1S/C20H35N3O3S/c1-4-10-22-14-17(21-27(25,26)23(5-2)6-3)11-16-12-18-15(13-19(16)22)8-7-9-20(18)24/h7-9,15-19,21,24H,4-6,10-14H2,1-3H3/t15?,16-,17+,18?,19-/m1/s1. The monoisotopic (exact) mass is 397 g/mol. The molecular formula is C20H35N3O3S. The number of rotatable bonds is 7. The van der Waals surface area contributed by atoms with Gasteiger partial charge in [0, 0.05) is 37.6 Å². The molecule has 1 saturated heterocycles. The Morgan fingerprint density at radius 2 is 1.96 bits per heavy atom. The molecule has 2 unspecified atom stereocenters. The molecule has 6 nitrogen and oxygen atoms in total. The van der Waals surface area contributed by atoms with Crippen LogP contribution in [-0.4, -0.2) is 61.0 Å². The van der Waals surface area contributed by atoms with Crippen LogP contribution >= 0.6 is 0 Å². The summed E-state index contributed by atoms with van der Waals surface area (Å²) in [5.41, 5.74) is 0. The van der Waals surface area contributed by atoms with Gasteiger partial charge >= 0.3 is 0 Å². The maximum Gasteiger partial charge on any atom is 0.279 e. The van der Waals surface area contributed by atoms with Crippen molar-refractivity contribution in [3.8, 4) is 0 Å². The Bertz CT molecular complexity index is 672. The average Bonchev–Trinajstić information content (AvgIpc) is 2.62. The van der Waals surface area contributed by atoms with Gasteiger partial charge in [-0.05, 0) is 50.1 Å². The van der Waals surface area contributed by atoms with Crippen LogP contribution in [0.4, 0.5) is 0 Å². The Morgan fingerprint density at radius 1 is 1.22 bits per heavy atom. The van der Waals surface area contributed by atoms with Crippen LogP contribution in [0.5, 0.6) is 0 Å². The lowest BCUT2D eigenvalue weighted by molar-refractivity contribution is 0.0118. The number of fused-ring (bicyclic) bond motifs is 2. The van der Waals surface area contributed by atoms with Crippen molar-refractivity contribution >= 4 is 10.2 Å². The van der Waals surface area contributed by atoms with Crippen molar-refractivity contribution in [3.05, 3.63) is 24.0 Å². The predicted molar refractivity (Wildman–Crippen MR) is 109 cm³/mol. The molecule has 2 fully saturated rings. The molecule has 2 N–H and O–H groups in total. The van der Waals surface area contributed by atoms with Crippen molar-refractivity contribution in [1.29, 1.82) is 0 Å². The third-order valence-electron chi connectivity index (χ3n) is 6.52. The average molecular weight is 398 g/mol. The van der Waals surface area contributed by atoms with Crippen molar-refractivity contribution in [2.45, 2.75) is 58.5 Å². The molecule has 3 aliphatic rings. The first-order valence-electron chi connectivity index (χ1n) is 10.5. The molecule has 2 aliphatic carbocycles.